The van der Waals surface area contributed by atoms with E-state index in [0.29, 0.717) is 22.2 Å². The normalized spacial score (nSPS) is 10.4. The molecule has 3 rings (SSSR count). The van der Waals surface area contributed by atoms with Gasteiger partial charge >= 0.3 is 22.6 Å². The van der Waals surface area contributed by atoms with Gasteiger partial charge in [0.05, 0.1) is 16.4 Å². The Morgan fingerprint density at radius 1 is 1.22 bits per heavy atom. The maximum Gasteiger partial charge on any atom is 0.485 e. The molecule has 131 valence electrons. The summed E-state index contributed by atoms with van der Waals surface area (Å²) in [6.45, 7) is 1.97. The zero-order chi connectivity index (χ0) is 18.8. The Balaban J connectivity index is 0.00000261. The van der Waals surface area contributed by atoms with E-state index < -0.39 is 5.97 Å². The summed E-state index contributed by atoms with van der Waals surface area (Å²) in [5.41, 5.74) is 3.37. The Hall–Kier alpha value is 0.349. The summed E-state index contributed by atoms with van der Waals surface area (Å²) in [5, 5.41) is 5.46. The van der Waals surface area contributed by atoms with Crippen LogP contribution in [-0.2, 0) is 10.2 Å². The molecule has 2 aromatic carbocycles. The monoisotopic (exact) mass is 503 g/mol. The average Bonchev–Trinajstić information content (AvgIpc) is 3.01. The van der Waals surface area contributed by atoms with Gasteiger partial charge in [0.25, 0.3) is 0 Å². The molecule has 0 unspecified atom stereocenters. The van der Waals surface area contributed by atoms with Gasteiger partial charge in [0.1, 0.15) is 0 Å². The van der Waals surface area contributed by atoms with E-state index in [1.54, 1.807) is 22.9 Å². The van der Waals surface area contributed by atoms with E-state index >= 15 is 0 Å². The van der Waals surface area contributed by atoms with Crippen LogP contribution >= 0.6 is 39.1 Å². The minimum Gasteiger partial charge on any atom is -0.623 e. The Kier molecular flexibility index (Phi) is 9.10. The molecule has 3 aromatic rings. The number of carbonyl (C=O) groups is 1. The average molecular weight is 505 g/mol. The van der Waals surface area contributed by atoms with Crippen LogP contribution < -0.4 is 0 Å². The van der Waals surface area contributed by atoms with Gasteiger partial charge < -0.3 is 3.79 Å². The molecule has 0 aliphatic heterocycles. The molecule has 0 fully saturated rings. The third-order valence-electron chi connectivity index (χ3n) is 3.89. The molecule has 0 saturated heterocycles. The van der Waals surface area contributed by atoms with Crippen LogP contribution in [0.1, 0.15) is 23.0 Å². The first-order valence-electron chi connectivity index (χ1n) is 7.70. The van der Waals surface area contributed by atoms with Gasteiger partial charge in [-0.3, -0.25) is 0 Å². The number of rotatable bonds is 4. The van der Waals surface area contributed by atoms with E-state index in [1.807, 2.05) is 47.8 Å². The van der Waals surface area contributed by atoms with Crippen molar-refractivity contribution in [2.24, 2.45) is 0 Å². The first kappa shape index (κ1) is 23.6. The summed E-state index contributed by atoms with van der Waals surface area (Å²) in [7, 11) is 0. The molecule has 0 amide bonds. The third-order valence-corrected chi connectivity index (χ3v) is 5.17. The van der Waals surface area contributed by atoms with Crippen molar-refractivity contribution in [3.8, 4) is 16.9 Å². The van der Waals surface area contributed by atoms with Gasteiger partial charge in [-0.25, -0.2) is 9.48 Å². The van der Waals surface area contributed by atoms with Crippen LogP contribution in [0.25, 0.3) is 16.9 Å². The van der Waals surface area contributed by atoms with Gasteiger partial charge in [-0.05, 0) is 36.8 Å². The van der Waals surface area contributed by atoms with Gasteiger partial charge in [-0.15, -0.1) is 0 Å². The van der Waals surface area contributed by atoms with Gasteiger partial charge in [0, 0.05) is 72.0 Å². The SMILES string of the molecule is CCc1c(C(=O)[O][Al])nn(-c2ccc(Cl)cc2Cl)c1-c1ccc(Br)cc1.[K]. The van der Waals surface area contributed by atoms with Crippen molar-refractivity contribution in [1.82, 2.24) is 9.78 Å². The first-order chi connectivity index (χ1) is 12.5. The molecular weight excluding hydrogens is 493 g/mol. The third kappa shape index (κ3) is 5.10. The van der Waals surface area contributed by atoms with Crippen molar-refractivity contribution in [2.75, 3.05) is 0 Å². The van der Waals surface area contributed by atoms with Crippen molar-refractivity contribution in [1.29, 1.82) is 0 Å². The second-order valence-electron chi connectivity index (χ2n) is 5.45. The zero-order valence-corrected chi connectivity index (χ0v) is 22.0. The van der Waals surface area contributed by atoms with Gasteiger partial charge in [-0.1, -0.05) is 58.2 Å². The topological polar surface area (TPSA) is 44.1 Å². The van der Waals surface area contributed by atoms with E-state index in [4.69, 9.17) is 27.0 Å². The van der Waals surface area contributed by atoms with E-state index in [9.17, 15) is 4.79 Å². The molecular formula is C18H12AlBrCl2KN2O2. The number of benzene rings is 2. The molecule has 0 spiro atoms. The molecule has 3 radical (unpaired) electrons. The number of halogens is 3. The standard InChI is InChI=1S/C18H13BrCl2N2O2.Al.K/c1-2-13-16(18(24)25)22-23(15-8-7-12(20)9-14(15)21)17(13)10-3-5-11(19)6-4-10;;/h3-9H,2H2,1H3,(H,24,25);;/q;+1;/p-1. The van der Waals surface area contributed by atoms with Gasteiger partial charge in [0.2, 0.25) is 0 Å². The molecule has 1 heterocycles. The molecule has 1 aromatic heterocycles. The van der Waals surface area contributed by atoms with Crippen LogP contribution in [0.3, 0.4) is 0 Å². The predicted octanol–water partition coefficient (Wildman–Crippen LogP) is 5.03. The second kappa shape index (κ2) is 10.4. The Labute approximate surface area is 226 Å². The van der Waals surface area contributed by atoms with Crippen molar-refractivity contribution >= 4 is 113 Å². The molecule has 0 aliphatic rings. The summed E-state index contributed by atoms with van der Waals surface area (Å²) in [4.78, 5) is 12.2. The Morgan fingerprint density at radius 3 is 2.44 bits per heavy atom. The molecule has 0 atom stereocenters. The minimum absolute atomic E-state index is 0. The molecule has 0 aliphatic carbocycles. The molecule has 4 nitrogen and oxygen atoms in total. The summed E-state index contributed by atoms with van der Waals surface area (Å²) in [6.07, 6.45) is 0.603. The number of aromatic nitrogens is 2. The maximum atomic E-state index is 12.2. The first-order valence-corrected chi connectivity index (χ1v) is 9.72. The summed E-state index contributed by atoms with van der Waals surface area (Å²) < 4.78 is 7.45. The molecule has 0 bridgehead atoms. The van der Waals surface area contributed by atoms with Crippen LogP contribution in [0.2, 0.25) is 10.0 Å². The van der Waals surface area contributed by atoms with E-state index in [1.165, 1.54) is 0 Å². The van der Waals surface area contributed by atoms with Crippen molar-refractivity contribution in [3.05, 3.63) is 68.2 Å². The summed E-state index contributed by atoms with van der Waals surface area (Å²) in [5.74, 6) is -0.519. The molecule has 0 N–H and O–H groups in total. The van der Waals surface area contributed by atoms with Crippen molar-refractivity contribution in [3.63, 3.8) is 0 Å². The smallest absolute Gasteiger partial charge is 0.485 e. The molecule has 27 heavy (non-hydrogen) atoms. The second-order valence-corrected chi connectivity index (χ2v) is 7.44. The van der Waals surface area contributed by atoms with E-state index in [0.717, 1.165) is 21.3 Å². The Morgan fingerprint density at radius 2 is 1.89 bits per heavy atom. The van der Waals surface area contributed by atoms with Gasteiger partial charge in [-0.2, -0.15) is 5.10 Å². The fraction of sp³-hybridized carbons (Fsp3) is 0.111. The molecule has 0 saturated carbocycles. The van der Waals surface area contributed by atoms with Crippen LogP contribution in [0, 0.1) is 0 Å². The maximum absolute atomic E-state index is 12.2. The van der Waals surface area contributed by atoms with Crippen molar-refractivity contribution in [2.45, 2.75) is 13.3 Å². The summed E-state index contributed by atoms with van der Waals surface area (Å²) in [6, 6.07) is 12.9. The van der Waals surface area contributed by atoms with Crippen LogP contribution in [-0.4, -0.2) is 83.8 Å². The largest absolute Gasteiger partial charge is 0.623 e. The van der Waals surface area contributed by atoms with Gasteiger partial charge in [0.15, 0.2) is 5.69 Å². The number of hydrogen-bond acceptors (Lipinski definition) is 3. The van der Waals surface area contributed by atoms with E-state index in [2.05, 4.69) is 21.0 Å². The number of hydrogen-bond donors (Lipinski definition) is 0. The molecule has 9 heteroatoms. The van der Waals surface area contributed by atoms with E-state index in [-0.39, 0.29) is 57.1 Å². The number of nitrogens with zero attached hydrogens (tertiary/aromatic N) is 2. The fourth-order valence-corrected chi connectivity index (χ4v) is 3.60. The van der Waals surface area contributed by atoms with Crippen LogP contribution in [0.5, 0.6) is 0 Å². The van der Waals surface area contributed by atoms with Crippen LogP contribution in [0.15, 0.2) is 46.9 Å². The Bertz CT molecular complexity index is 980. The van der Waals surface area contributed by atoms with Crippen LogP contribution in [0.4, 0.5) is 0 Å². The number of carbonyl (C=O) groups excluding carboxylic acids is 1. The quantitative estimate of drug-likeness (QED) is 0.468. The minimum atomic E-state index is -0.519. The van der Waals surface area contributed by atoms with Crippen molar-refractivity contribution < 1.29 is 8.58 Å². The predicted molar refractivity (Wildman–Crippen MR) is 113 cm³/mol. The zero-order valence-electron chi connectivity index (χ0n) is 14.7. The summed E-state index contributed by atoms with van der Waals surface area (Å²) >= 11 is 17.8. The fourth-order valence-electron chi connectivity index (χ4n) is 2.74.